The number of rotatable bonds is 5. The number of aryl methyl sites for hydroxylation is 1. The van der Waals surface area contributed by atoms with Crippen molar-refractivity contribution in [2.24, 2.45) is 0 Å². The van der Waals surface area contributed by atoms with Crippen LogP contribution in [-0.4, -0.2) is 61.9 Å². The van der Waals surface area contributed by atoms with Gasteiger partial charge >= 0.3 is 0 Å². The lowest BCUT2D eigenvalue weighted by atomic mass is 10.2. The van der Waals surface area contributed by atoms with E-state index in [2.05, 4.69) is 43.9 Å². The Morgan fingerprint density at radius 3 is 2.61 bits per heavy atom. The number of thioether (sulfide) groups is 1. The number of carbonyl (C=O) groups is 1. The van der Waals surface area contributed by atoms with Gasteiger partial charge in [0, 0.05) is 45.7 Å². The molecule has 2 aliphatic heterocycles. The molecule has 0 bridgehead atoms. The quantitative estimate of drug-likeness (QED) is 0.724. The summed E-state index contributed by atoms with van der Waals surface area (Å²) in [5.74, 6) is 1.30. The molecule has 0 aliphatic carbocycles. The number of aromatic nitrogens is 3. The second kappa shape index (κ2) is 9.09. The topological polar surface area (TPSA) is 54.3 Å². The van der Waals surface area contributed by atoms with Crippen LogP contribution in [0.5, 0.6) is 0 Å². The molecule has 0 N–H and O–H groups in total. The third-order valence-electron chi connectivity index (χ3n) is 5.64. The van der Waals surface area contributed by atoms with E-state index in [1.54, 1.807) is 11.8 Å². The highest BCUT2D eigenvalue weighted by Crippen LogP contribution is 2.26. The first-order valence-corrected chi connectivity index (χ1v) is 11.2. The second-order valence-corrected chi connectivity index (χ2v) is 9.02. The molecule has 28 heavy (non-hydrogen) atoms. The average molecular weight is 400 g/mol. The molecule has 150 valence electrons. The molecule has 0 spiro atoms. The minimum atomic E-state index is -0.128. The SMILES string of the molecule is CC(Sc1nnc2n1CCCCC2)C(=O)N1CCN(Cc2ccccc2)CC1. The summed E-state index contributed by atoms with van der Waals surface area (Å²) in [6, 6.07) is 10.5. The van der Waals surface area contributed by atoms with Gasteiger partial charge in [0.25, 0.3) is 0 Å². The predicted molar refractivity (Wildman–Crippen MR) is 111 cm³/mol. The van der Waals surface area contributed by atoms with E-state index in [0.29, 0.717) is 0 Å². The number of amides is 1. The molecule has 1 aromatic heterocycles. The summed E-state index contributed by atoms with van der Waals surface area (Å²) in [5, 5.41) is 9.49. The van der Waals surface area contributed by atoms with Gasteiger partial charge in [0.2, 0.25) is 5.91 Å². The van der Waals surface area contributed by atoms with Crippen molar-refractivity contribution in [3.63, 3.8) is 0 Å². The normalized spacial score (nSPS) is 19.1. The van der Waals surface area contributed by atoms with Crippen LogP contribution in [-0.2, 0) is 24.3 Å². The molecule has 0 radical (unpaired) electrons. The molecule has 1 atom stereocenters. The van der Waals surface area contributed by atoms with Crippen LogP contribution in [0.15, 0.2) is 35.5 Å². The largest absolute Gasteiger partial charge is 0.339 e. The summed E-state index contributed by atoms with van der Waals surface area (Å²) in [4.78, 5) is 17.4. The molecule has 3 heterocycles. The predicted octanol–water partition coefficient (Wildman–Crippen LogP) is 2.83. The summed E-state index contributed by atoms with van der Waals surface area (Å²) in [7, 11) is 0. The third-order valence-corrected chi connectivity index (χ3v) is 6.71. The van der Waals surface area contributed by atoms with Crippen molar-refractivity contribution in [3.8, 4) is 0 Å². The van der Waals surface area contributed by atoms with Crippen LogP contribution >= 0.6 is 11.8 Å². The highest BCUT2D eigenvalue weighted by atomic mass is 32.2. The van der Waals surface area contributed by atoms with E-state index in [-0.39, 0.29) is 11.2 Å². The summed E-state index contributed by atoms with van der Waals surface area (Å²) in [6.07, 6.45) is 4.60. The molecular weight excluding hydrogens is 370 g/mol. The maximum Gasteiger partial charge on any atom is 0.235 e. The Morgan fingerprint density at radius 2 is 1.82 bits per heavy atom. The van der Waals surface area contributed by atoms with Crippen molar-refractivity contribution >= 4 is 17.7 Å². The first-order valence-electron chi connectivity index (χ1n) is 10.3. The van der Waals surface area contributed by atoms with E-state index in [9.17, 15) is 4.79 Å². The number of hydrogen-bond donors (Lipinski definition) is 0. The van der Waals surface area contributed by atoms with Crippen molar-refractivity contribution in [2.45, 2.75) is 56.1 Å². The molecule has 1 saturated heterocycles. The highest BCUT2D eigenvalue weighted by molar-refractivity contribution is 8.00. The van der Waals surface area contributed by atoms with Gasteiger partial charge in [0.15, 0.2) is 5.16 Å². The Labute approximate surface area is 171 Å². The van der Waals surface area contributed by atoms with E-state index >= 15 is 0 Å². The summed E-state index contributed by atoms with van der Waals surface area (Å²) >= 11 is 1.56. The van der Waals surface area contributed by atoms with E-state index in [0.717, 1.165) is 56.7 Å². The molecule has 6 nitrogen and oxygen atoms in total. The van der Waals surface area contributed by atoms with Crippen LogP contribution in [0.1, 0.15) is 37.6 Å². The van der Waals surface area contributed by atoms with Crippen LogP contribution in [0.25, 0.3) is 0 Å². The van der Waals surface area contributed by atoms with Gasteiger partial charge in [0.1, 0.15) is 5.82 Å². The highest BCUT2D eigenvalue weighted by Gasteiger charge is 2.27. The zero-order valence-electron chi connectivity index (χ0n) is 16.6. The van der Waals surface area contributed by atoms with Gasteiger partial charge in [-0.2, -0.15) is 0 Å². The fraction of sp³-hybridized carbons (Fsp3) is 0.571. The molecule has 2 aliphatic rings. The number of benzene rings is 1. The van der Waals surface area contributed by atoms with E-state index < -0.39 is 0 Å². The summed E-state index contributed by atoms with van der Waals surface area (Å²) in [6.45, 7) is 7.39. The molecule has 1 unspecified atom stereocenters. The number of nitrogens with zero attached hydrogens (tertiary/aromatic N) is 5. The lowest BCUT2D eigenvalue weighted by molar-refractivity contribution is -0.132. The van der Waals surface area contributed by atoms with Gasteiger partial charge in [-0.25, -0.2) is 0 Å². The van der Waals surface area contributed by atoms with Gasteiger partial charge in [-0.05, 0) is 25.3 Å². The van der Waals surface area contributed by atoms with Crippen molar-refractivity contribution < 1.29 is 4.79 Å². The minimum Gasteiger partial charge on any atom is -0.339 e. The van der Waals surface area contributed by atoms with Gasteiger partial charge in [-0.3, -0.25) is 9.69 Å². The zero-order valence-corrected chi connectivity index (χ0v) is 17.4. The second-order valence-electron chi connectivity index (χ2n) is 7.71. The van der Waals surface area contributed by atoms with Crippen LogP contribution in [0.4, 0.5) is 0 Å². The maximum atomic E-state index is 13.0. The molecule has 4 rings (SSSR count). The Kier molecular flexibility index (Phi) is 6.32. The van der Waals surface area contributed by atoms with Gasteiger partial charge in [-0.15, -0.1) is 10.2 Å². The maximum absolute atomic E-state index is 13.0. The molecule has 2 aromatic rings. The van der Waals surface area contributed by atoms with Crippen LogP contribution < -0.4 is 0 Å². The van der Waals surface area contributed by atoms with Gasteiger partial charge in [-0.1, -0.05) is 48.5 Å². The monoisotopic (exact) mass is 399 g/mol. The Balaban J connectivity index is 1.30. The van der Waals surface area contributed by atoms with Crippen molar-refractivity contribution in [1.82, 2.24) is 24.6 Å². The van der Waals surface area contributed by atoms with E-state index in [1.807, 2.05) is 17.9 Å². The molecule has 1 amide bonds. The number of piperazine rings is 1. The standard InChI is InChI=1S/C21H29N5OS/c1-17(28-21-23-22-19-10-6-3-7-11-26(19)21)20(27)25-14-12-24(13-15-25)16-18-8-4-2-5-9-18/h2,4-5,8-9,17H,3,6-7,10-16H2,1H3. The molecular formula is C21H29N5OS. The lowest BCUT2D eigenvalue weighted by Gasteiger charge is -2.35. The zero-order chi connectivity index (χ0) is 19.3. The number of carbonyl (C=O) groups excluding carboxylic acids is 1. The van der Waals surface area contributed by atoms with E-state index in [1.165, 1.54) is 24.8 Å². The van der Waals surface area contributed by atoms with Crippen LogP contribution in [0.3, 0.4) is 0 Å². The number of fused-ring (bicyclic) bond motifs is 1. The molecule has 0 saturated carbocycles. The van der Waals surface area contributed by atoms with Crippen LogP contribution in [0.2, 0.25) is 0 Å². The smallest absolute Gasteiger partial charge is 0.235 e. The molecule has 1 aromatic carbocycles. The number of hydrogen-bond acceptors (Lipinski definition) is 5. The minimum absolute atomic E-state index is 0.128. The third kappa shape index (κ3) is 4.58. The lowest BCUT2D eigenvalue weighted by Crippen LogP contribution is -2.50. The first kappa shape index (κ1) is 19.5. The van der Waals surface area contributed by atoms with Crippen molar-refractivity contribution in [1.29, 1.82) is 0 Å². The Hall–Kier alpha value is -1.86. The van der Waals surface area contributed by atoms with Crippen LogP contribution in [0, 0.1) is 0 Å². The fourth-order valence-electron chi connectivity index (χ4n) is 3.98. The van der Waals surface area contributed by atoms with E-state index in [4.69, 9.17) is 0 Å². The summed E-state index contributed by atoms with van der Waals surface area (Å²) < 4.78 is 2.22. The Bertz CT molecular complexity index is 785. The van der Waals surface area contributed by atoms with Crippen molar-refractivity contribution in [2.75, 3.05) is 26.2 Å². The average Bonchev–Trinajstić information content (AvgIpc) is 2.95. The molecule has 1 fully saturated rings. The van der Waals surface area contributed by atoms with Gasteiger partial charge in [0.05, 0.1) is 5.25 Å². The van der Waals surface area contributed by atoms with Gasteiger partial charge < -0.3 is 9.47 Å². The Morgan fingerprint density at radius 1 is 1.04 bits per heavy atom. The van der Waals surface area contributed by atoms with Crippen molar-refractivity contribution in [3.05, 3.63) is 41.7 Å². The molecule has 7 heteroatoms. The fourth-order valence-corrected chi connectivity index (χ4v) is 4.96. The first-order chi connectivity index (χ1) is 13.7. The summed E-state index contributed by atoms with van der Waals surface area (Å²) in [5.41, 5.74) is 1.33.